The molecule has 0 spiro atoms. The van der Waals surface area contributed by atoms with Gasteiger partial charge in [0, 0.05) is 11.5 Å². The van der Waals surface area contributed by atoms with Crippen LogP contribution < -0.4 is 10.6 Å². The average Bonchev–Trinajstić information content (AvgIpc) is 2.88. The van der Waals surface area contributed by atoms with Gasteiger partial charge in [-0.1, -0.05) is 41.9 Å². The number of rotatable bonds is 5. The van der Waals surface area contributed by atoms with Gasteiger partial charge in [0.2, 0.25) is 5.91 Å². The predicted octanol–water partition coefficient (Wildman–Crippen LogP) is 2.91. The summed E-state index contributed by atoms with van der Waals surface area (Å²) >= 11 is 5.95. The fraction of sp³-hybridized carbons (Fsp3) is 0.286. The molecule has 1 aliphatic carbocycles. The maximum absolute atomic E-state index is 12.6. The van der Waals surface area contributed by atoms with E-state index in [2.05, 4.69) is 16.4 Å². The van der Waals surface area contributed by atoms with Crippen molar-refractivity contribution in [1.29, 1.82) is 0 Å². The number of hydrogen-bond acceptors (Lipinski definition) is 4. The molecule has 1 saturated heterocycles. The molecule has 1 amide bonds. The van der Waals surface area contributed by atoms with Crippen LogP contribution in [-0.4, -0.2) is 30.6 Å². The van der Waals surface area contributed by atoms with Crippen molar-refractivity contribution in [3.8, 4) is 0 Å². The monoisotopic (exact) mass is 384 g/mol. The smallest absolute Gasteiger partial charge is 0.323 e. The van der Waals surface area contributed by atoms with Gasteiger partial charge in [-0.2, -0.15) is 0 Å². The molecule has 0 aromatic heterocycles. The van der Waals surface area contributed by atoms with Crippen LogP contribution in [0.4, 0.5) is 0 Å². The summed E-state index contributed by atoms with van der Waals surface area (Å²) < 4.78 is 5.23. The number of allylic oxidation sites excluding steroid dienone is 4. The number of halogens is 1. The Morgan fingerprint density at radius 3 is 2.93 bits per heavy atom. The van der Waals surface area contributed by atoms with E-state index in [1.165, 1.54) is 0 Å². The zero-order valence-electron chi connectivity index (χ0n) is 14.9. The SMILES string of the molecule is C[C@H](NC(=O)[C@@H]1COC(=O)[C@H](CC2=C=CC=C(Cl)C=C2)N1)c1ccccc1. The second-order valence-electron chi connectivity index (χ2n) is 6.47. The first-order valence-electron chi connectivity index (χ1n) is 8.80. The minimum atomic E-state index is -0.612. The predicted molar refractivity (Wildman–Crippen MR) is 104 cm³/mol. The molecule has 3 rings (SSSR count). The number of hydrogen-bond donors (Lipinski definition) is 2. The topological polar surface area (TPSA) is 67.4 Å². The third kappa shape index (κ3) is 5.20. The lowest BCUT2D eigenvalue weighted by molar-refractivity contribution is -0.153. The number of nitrogens with one attached hydrogen (secondary N) is 2. The summed E-state index contributed by atoms with van der Waals surface area (Å²) in [4.78, 5) is 24.7. The summed E-state index contributed by atoms with van der Waals surface area (Å²) in [5.41, 5.74) is 4.89. The van der Waals surface area contributed by atoms with Crippen LogP contribution in [0.15, 0.2) is 71.0 Å². The van der Waals surface area contributed by atoms with Gasteiger partial charge in [0.05, 0.1) is 6.04 Å². The van der Waals surface area contributed by atoms with Gasteiger partial charge in [0.1, 0.15) is 18.7 Å². The molecule has 3 atom stereocenters. The molecular weight excluding hydrogens is 364 g/mol. The van der Waals surface area contributed by atoms with Gasteiger partial charge in [-0.05, 0) is 42.4 Å². The number of morpholine rings is 1. The Morgan fingerprint density at radius 1 is 1.37 bits per heavy atom. The van der Waals surface area contributed by atoms with E-state index in [9.17, 15) is 9.59 Å². The zero-order valence-corrected chi connectivity index (χ0v) is 15.7. The summed E-state index contributed by atoms with van der Waals surface area (Å²) in [5.74, 6) is -0.573. The van der Waals surface area contributed by atoms with Gasteiger partial charge >= 0.3 is 5.97 Å². The third-order valence-corrected chi connectivity index (χ3v) is 4.69. The summed E-state index contributed by atoms with van der Waals surface area (Å²) in [6.45, 7) is 1.93. The van der Waals surface area contributed by atoms with E-state index < -0.39 is 12.1 Å². The molecule has 0 bridgehead atoms. The fourth-order valence-corrected chi connectivity index (χ4v) is 3.04. The number of amides is 1. The molecule has 0 saturated carbocycles. The summed E-state index contributed by atoms with van der Waals surface area (Å²) in [7, 11) is 0. The minimum absolute atomic E-state index is 0.0147. The van der Waals surface area contributed by atoms with Crippen LogP contribution in [0.1, 0.15) is 24.9 Å². The first kappa shape index (κ1) is 19.2. The van der Waals surface area contributed by atoms with Gasteiger partial charge in [0.25, 0.3) is 0 Å². The van der Waals surface area contributed by atoms with E-state index in [1.54, 1.807) is 24.3 Å². The quantitative estimate of drug-likeness (QED) is 0.605. The molecule has 0 radical (unpaired) electrons. The average molecular weight is 385 g/mol. The lowest BCUT2D eigenvalue weighted by Crippen LogP contribution is -2.58. The third-order valence-electron chi connectivity index (χ3n) is 4.43. The van der Waals surface area contributed by atoms with Gasteiger partial charge in [-0.3, -0.25) is 14.9 Å². The summed E-state index contributed by atoms with van der Waals surface area (Å²) in [6.07, 6.45) is 7.34. The van der Waals surface area contributed by atoms with Crippen molar-refractivity contribution in [1.82, 2.24) is 10.6 Å². The van der Waals surface area contributed by atoms with Crippen LogP contribution in [0.2, 0.25) is 0 Å². The number of esters is 1. The molecule has 5 nitrogen and oxygen atoms in total. The van der Waals surface area contributed by atoms with Crippen LogP contribution in [0.25, 0.3) is 0 Å². The first-order valence-corrected chi connectivity index (χ1v) is 9.18. The van der Waals surface area contributed by atoms with Crippen LogP contribution in [0, 0.1) is 0 Å². The highest BCUT2D eigenvalue weighted by molar-refractivity contribution is 6.31. The van der Waals surface area contributed by atoms with Gasteiger partial charge in [0.15, 0.2) is 0 Å². The molecule has 2 N–H and O–H groups in total. The molecule has 1 fully saturated rings. The highest BCUT2D eigenvalue weighted by atomic mass is 35.5. The normalized spacial score (nSPS) is 23.0. The van der Waals surface area contributed by atoms with E-state index >= 15 is 0 Å². The molecule has 140 valence electrons. The van der Waals surface area contributed by atoms with Crippen molar-refractivity contribution in [3.63, 3.8) is 0 Å². The standard InChI is InChI=1S/C21H21ClN2O3/c1-14(16-7-3-2-4-8-16)23-20(25)19-13-27-21(26)18(24-19)12-15-6-5-9-17(22)11-10-15/h2-5,7-11,14,18-19,24H,12-13H2,1H3,(H,23,25)/t14-,18-,19-/m0/s1. The molecule has 1 heterocycles. The van der Waals surface area contributed by atoms with Crippen LogP contribution >= 0.6 is 11.6 Å². The van der Waals surface area contributed by atoms with Crippen molar-refractivity contribution in [2.45, 2.75) is 31.5 Å². The first-order chi connectivity index (χ1) is 13.0. The van der Waals surface area contributed by atoms with Crippen molar-refractivity contribution < 1.29 is 14.3 Å². The highest BCUT2D eigenvalue weighted by Crippen LogP contribution is 2.17. The fourth-order valence-electron chi connectivity index (χ4n) is 2.92. The minimum Gasteiger partial charge on any atom is -0.462 e. The van der Waals surface area contributed by atoms with Gasteiger partial charge in [-0.15, -0.1) is 5.73 Å². The van der Waals surface area contributed by atoms with E-state index in [1.807, 2.05) is 37.3 Å². The Morgan fingerprint density at radius 2 is 2.15 bits per heavy atom. The second-order valence-corrected chi connectivity index (χ2v) is 6.90. The van der Waals surface area contributed by atoms with Crippen molar-refractivity contribution in [3.05, 3.63) is 76.5 Å². The number of carbonyl (C=O) groups excluding carboxylic acids is 2. The molecule has 1 aliphatic heterocycles. The maximum Gasteiger partial charge on any atom is 0.323 e. The van der Waals surface area contributed by atoms with Crippen LogP contribution in [-0.2, 0) is 14.3 Å². The largest absolute Gasteiger partial charge is 0.462 e. The Kier molecular flexibility index (Phi) is 6.30. The lowest BCUT2D eigenvalue weighted by atomic mass is 10.0. The molecule has 27 heavy (non-hydrogen) atoms. The van der Waals surface area contributed by atoms with Crippen LogP contribution in [0.5, 0.6) is 0 Å². The Labute approximate surface area is 163 Å². The molecular formula is C21H21ClN2O3. The lowest BCUT2D eigenvalue weighted by Gasteiger charge is -2.30. The Bertz CT molecular complexity index is 838. The molecule has 6 heteroatoms. The van der Waals surface area contributed by atoms with Gasteiger partial charge in [-0.25, -0.2) is 0 Å². The van der Waals surface area contributed by atoms with Crippen molar-refractivity contribution in [2.75, 3.05) is 6.61 Å². The summed E-state index contributed by atoms with van der Waals surface area (Å²) in [5, 5.41) is 6.64. The van der Waals surface area contributed by atoms with E-state index in [0.29, 0.717) is 11.5 Å². The molecule has 1 aromatic carbocycles. The van der Waals surface area contributed by atoms with Crippen molar-refractivity contribution in [2.24, 2.45) is 0 Å². The second kappa shape index (κ2) is 8.87. The van der Waals surface area contributed by atoms with Gasteiger partial charge < -0.3 is 10.1 Å². The van der Waals surface area contributed by atoms with Crippen molar-refractivity contribution >= 4 is 23.5 Å². The Hall–Kier alpha value is -2.59. The van der Waals surface area contributed by atoms with E-state index in [-0.39, 0.29) is 24.5 Å². The summed E-state index contributed by atoms with van der Waals surface area (Å²) in [6, 6.07) is 8.35. The molecule has 0 unspecified atom stereocenters. The number of ether oxygens (including phenoxy) is 1. The maximum atomic E-state index is 12.6. The Balaban J connectivity index is 1.61. The number of carbonyl (C=O) groups is 2. The number of benzene rings is 1. The van der Waals surface area contributed by atoms with Crippen LogP contribution in [0.3, 0.4) is 0 Å². The molecule has 2 aliphatic rings. The molecule has 1 aromatic rings. The van der Waals surface area contributed by atoms with E-state index in [0.717, 1.165) is 11.1 Å². The van der Waals surface area contributed by atoms with E-state index in [4.69, 9.17) is 16.3 Å². The highest BCUT2D eigenvalue weighted by Gasteiger charge is 2.34. The zero-order chi connectivity index (χ0) is 19.2. The number of cyclic esters (lactones) is 1.